The van der Waals surface area contributed by atoms with Crippen LogP contribution in [0.4, 0.5) is 5.82 Å². The maximum Gasteiger partial charge on any atom is 0.133 e. The lowest BCUT2D eigenvalue weighted by molar-refractivity contribution is 0.153. The van der Waals surface area contributed by atoms with Gasteiger partial charge >= 0.3 is 0 Å². The van der Waals surface area contributed by atoms with Gasteiger partial charge in [0.05, 0.1) is 17.4 Å². The Bertz CT molecular complexity index is 746. The standard InChI is InChI=1S/C20H28N4/c1-4-23-12-6-5-7-18(23)19-16-10-11-21-20(16)24(22-19)17-9-8-14(2)13-15(17)3/h8-9,13,18,21H,4-7,10-12H2,1-3H3. The molecule has 4 heteroatoms. The highest BCUT2D eigenvalue weighted by Crippen LogP contribution is 2.38. The summed E-state index contributed by atoms with van der Waals surface area (Å²) in [7, 11) is 0. The van der Waals surface area contributed by atoms with Crippen molar-refractivity contribution in [2.75, 3.05) is 25.0 Å². The van der Waals surface area contributed by atoms with E-state index >= 15 is 0 Å². The average molecular weight is 324 g/mol. The van der Waals surface area contributed by atoms with Gasteiger partial charge in [-0.1, -0.05) is 31.0 Å². The van der Waals surface area contributed by atoms with Gasteiger partial charge in [0.2, 0.25) is 0 Å². The van der Waals surface area contributed by atoms with Crippen molar-refractivity contribution >= 4 is 5.82 Å². The van der Waals surface area contributed by atoms with Crippen LogP contribution in [0.5, 0.6) is 0 Å². The van der Waals surface area contributed by atoms with Crippen LogP contribution in [-0.4, -0.2) is 34.3 Å². The first-order chi connectivity index (χ1) is 11.7. The van der Waals surface area contributed by atoms with Gasteiger partial charge in [0, 0.05) is 12.1 Å². The Morgan fingerprint density at radius 1 is 1.25 bits per heavy atom. The van der Waals surface area contributed by atoms with E-state index in [2.05, 4.69) is 53.9 Å². The molecule has 24 heavy (non-hydrogen) atoms. The molecule has 0 saturated carbocycles. The minimum absolute atomic E-state index is 0.490. The van der Waals surface area contributed by atoms with Crippen LogP contribution >= 0.6 is 0 Å². The second-order valence-electron chi connectivity index (χ2n) is 7.23. The molecule has 4 nitrogen and oxygen atoms in total. The highest BCUT2D eigenvalue weighted by atomic mass is 15.4. The van der Waals surface area contributed by atoms with E-state index < -0.39 is 0 Å². The van der Waals surface area contributed by atoms with E-state index in [4.69, 9.17) is 5.10 Å². The fraction of sp³-hybridized carbons (Fsp3) is 0.550. The summed E-state index contributed by atoms with van der Waals surface area (Å²) in [5, 5.41) is 8.71. The van der Waals surface area contributed by atoms with Crippen molar-refractivity contribution in [3.8, 4) is 5.69 Å². The molecule has 0 bridgehead atoms. The summed E-state index contributed by atoms with van der Waals surface area (Å²) in [6.07, 6.45) is 4.98. The van der Waals surface area contributed by atoms with Crippen LogP contribution in [0.25, 0.3) is 5.69 Å². The third kappa shape index (κ3) is 2.53. The van der Waals surface area contributed by atoms with Gasteiger partial charge in [-0.2, -0.15) is 5.10 Å². The maximum atomic E-state index is 5.13. The number of aryl methyl sites for hydroxylation is 2. The molecule has 2 aliphatic heterocycles. The fourth-order valence-corrected chi connectivity index (χ4v) is 4.37. The van der Waals surface area contributed by atoms with Gasteiger partial charge in [-0.15, -0.1) is 0 Å². The van der Waals surface area contributed by atoms with Gasteiger partial charge in [0.25, 0.3) is 0 Å². The monoisotopic (exact) mass is 324 g/mol. The molecule has 0 radical (unpaired) electrons. The van der Waals surface area contributed by atoms with Crippen molar-refractivity contribution in [2.45, 2.75) is 52.5 Å². The van der Waals surface area contributed by atoms with E-state index in [1.165, 1.54) is 59.7 Å². The second kappa shape index (κ2) is 6.25. The number of anilines is 1. The van der Waals surface area contributed by atoms with Crippen molar-refractivity contribution in [1.82, 2.24) is 14.7 Å². The zero-order valence-corrected chi connectivity index (χ0v) is 15.1. The Kier molecular flexibility index (Phi) is 4.09. The van der Waals surface area contributed by atoms with E-state index in [-0.39, 0.29) is 0 Å². The fourth-order valence-electron chi connectivity index (χ4n) is 4.37. The van der Waals surface area contributed by atoms with Gasteiger partial charge in [0.15, 0.2) is 0 Å². The van der Waals surface area contributed by atoms with E-state index in [9.17, 15) is 0 Å². The number of piperidine rings is 1. The summed E-state index contributed by atoms with van der Waals surface area (Å²) in [5.74, 6) is 1.22. The highest BCUT2D eigenvalue weighted by Gasteiger charge is 2.32. The number of hydrogen-bond acceptors (Lipinski definition) is 3. The SMILES string of the molecule is CCN1CCCCC1c1nn(-c2ccc(C)cc2C)c2c1CCN2. The predicted molar refractivity (Wildman–Crippen MR) is 99.1 cm³/mol. The molecule has 2 aliphatic rings. The number of aromatic nitrogens is 2. The molecule has 1 saturated heterocycles. The zero-order chi connectivity index (χ0) is 16.7. The summed E-state index contributed by atoms with van der Waals surface area (Å²) in [5.41, 5.74) is 6.56. The molecule has 1 atom stereocenters. The Hall–Kier alpha value is -1.81. The van der Waals surface area contributed by atoms with Gasteiger partial charge in [-0.3, -0.25) is 4.90 Å². The molecule has 1 aromatic heterocycles. The highest BCUT2D eigenvalue weighted by molar-refractivity contribution is 5.59. The Morgan fingerprint density at radius 2 is 2.12 bits per heavy atom. The second-order valence-corrected chi connectivity index (χ2v) is 7.23. The predicted octanol–water partition coefficient (Wildman–Crippen LogP) is 4.00. The molecule has 1 N–H and O–H groups in total. The van der Waals surface area contributed by atoms with Gasteiger partial charge < -0.3 is 5.32 Å². The van der Waals surface area contributed by atoms with E-state index in [1.807, 2.05) is 0 Å². The summed E-state index contributed by atoms with van der Waals surface area (Å²) in [6.45, 7) is 9.96. The minimum Gasteiger partial charge on any atom is -0.369 e. The van der Waals surface area contributed by atoms with E-state index in [1.54, 1.807) is 0 Å². The van der Waals surface area contributed by atoms with Crippen molar-refractivity contribution in [3.63, 3.8) is 0 Å². The minimum atomic E-state index is 0.490. The Balaban J connectivity index is 1.80. The Labute approximate surface area is 144 Å². The number of nitrogens with one attached hydrogen (secondary N) is 1. The average Bonchev–Trinajstić information content (AvgIpc) is 3.18. The number of rotatable bonds is 3. The molecule has 1 fully saturated rings. The topological polar surface area (TPSA) is 33.1 Å². The summed E-state index contributed by atoms with van der Waals surface area (Å²) < 4.78 is 2.16. The third-order valence-corrected chi connectivity index (χ3v) is 5.60. The van der Waals surface area contributed by atoms with E-state index in [0.29, 0.717) is 6.04 Å². The van der Waals surface area contributed by atoms with Gasteiger partial charge in [-0.05, 0) is 57.8 Å². The number of nitrogens with zero attached hydrogens (tertiary/aromatic N) is 3. The molecule has 1 aromatic carbocycles. The smallest absolute Gasteiger partial charge is 0.133 e. The maximum absolute atomic E-state index is 5.13. The Morgan fingerprint density at radius 3 is 2.92 bits per heavy atom. The quantitative estimate of drug-likeness (QED) is 0.926. The van der Waals surface area contributed by atoms with E-state index in [0.717, 1.165) is 19.5 Å². The molecule has 3 heterocycles. The first kappa shape index (κ1) is 15.7. The van der Waals surface area contributed by atoms with Crippen molar-refractivity contribution < 1.29 is 0 Å². The molecule has 0 spiro atoms. The molecule has 0 amide bonds. The molecule has 128 valence electrons. The molecular formula is C20H28N4. The lowest BCUT2D eigenvalue weighted by Crippen LogP contribution is -2.34. The lowest BCUT2D eigenvalue weighted by atomic mass is 9.96. The molecular weight excluding hydrogens is 296 g/mol. The first-order valence-corrected chi connectivity index (χ1v) is 9.36. The molecule has 2 aromatic rings. The zero-order valence-electron chi connectivity index (χ0n) is 15.1. The van der Waals surface area contributed by atoms with Crippen molar-refractivity contribution in [1.29, 1.82) is 0 Å². The number of fused-ring (bicyclic) bond motifs is 1. The summed E-state index contributed by atoms with van der Waals surface area (Å²) in [4.78, 5) is 2.61. The van der Waals surface area contributed by atoms with Crippen LogP contribution in [-0.2, 0) is 6.42 Å². The third-order valence-electron chi connectivity index (χ3n) is 5.60. The van der Waals surface area contributed by atoms with Crippen LogP contribution in [0.3, 0.4) is 0 Å². The molecule has 1 unspecified atom stereocenters. The van der Waals surface area contributed by atoms with Crippen molar-refractivity contribution in [2.24, 2.45) is 0 Å². The van der Waals surface area contributed by atoms with Crippen LogP contribution < -0.4 is 5.32 Å². The largest absolute Gasteiger partial charge is 0.369 e. The van der Waals surface area contributed by atoms with Gasteiger partial charge in [0.1, 0.15) is 5.82 Å². The number of hydrogen-bond donors (Lipinski definition) is 1. The molecule has 0 aliphatic carbocycles. The summed E-state index contributed by atoms with van der Waals surface area (Å²) >= 11 is 0. The number of benzene rings is 1. The van der Waals surface area contributed by atoms with Crippen LogP contribution in [0.15, 0.2) is 18.2 Å². The van der Waals surface area contributed by atoms with Crippen LogP contribution in [0, 0.1) is 13.8 Å². The normalized spacial score (nSPS) is 20.9. The van der Waals surface area contributed by atoms with Crippen LogP contribution in [0.1, 0.15) is 54.6 Å². The number of likely N-dealkylation sites (tertiary alicyclic amines) is 1. The van der Waals surface area contributed by atoms with Crippen LogP contribution in [0.2, 0.25) is 0 Å². The van der Waals surface area contributed by atoms with Crippen molar-refractivity contribution in [3.05, 3.63) is 40.6 Å². The summed E-state index contributed by atoms with van der Waals surface area (Å²) in [6, 6.07) is 7.13. The molecule has 4 rings (SSSR count). The first-order valence-electron chi connectivity index (χ1n) is 9.36. The van der Waals surface area contributed by atoms with Gasteiger partial charge in [-0.25, -0.2) is 4.68 Å². The lowest BCUT2D eigenvalue weighted by Gasteiger charge is -2.34.